The third kappa shape index (κ3) is 5.71. The zero-order chi connectivity index (χ0) is 24.8. The number of nitrogens with zero attached hydrogens (tertiary/aromatic N) is 1. The standard InChI is InChI=1S/C26H25ClN2O5S/c1-33-20-11-9-18(10-12-20)15-34-26(32)23-19(8-5-13-27)16-35-25-22(24(31)29(23)25)28-21(30)14-17-6-3-2-4-7-17/h2-12,22,25H,13-16H2,1H3,(H,28,30)/b8-5-/t22-,25+/m1/s1. The number of halogens is 1. The average molecular weight is 513 g/mol. The number of benzene rings is 2. The number of esters is 1. The maximum absolute atomic E-state index is 13.1. The Hall–Kier alpha value is -3.23. The van der Waals surface area contributed by atoms with Gasteiger partial charge >= 0.3 is 5.97 Å². The van der Waals surface area contributed by atoms with Crippen LogP contribution in [0.15, 0.2) is 78.0 Å². The van der Waals surface area contributed by atoms with Gasteiger partial charge in [-0.2, -0.15) is 0 Å². The fourth-order valence-electron chi connectivity index (χ4n) is 3.89. The minimum Gasteiger partial charge on any atom is -0.497 e. The third-order valence-electron chi connectivity index (χ3n) is 5.65. The molecular formula is C26H25ClN2O5S. The summed E-state index contributed by atoms with van der Waals surface area (Å²) < 4.78 is 10.7. The highest BCUT2D eigenvalue weighted by Gasteiger charge is 2.54. The minimum absolute atomic E-state index is 0.0515. The first-order valence-electron chi connectivity index (χ1n) is 11.1. The van der Waals surface area contributed by atoms with E-state index in [0.717, 1.165) is 11.1 Å². The maximum Gasteiger partial charge on any atom is 0.355 e. The molecule has 0 aromatic heterocycles. The molecule has 2 heterocycles. The quantitative estimate of drug-likeness (QED) is 0.315. The molecule has 2 amide bonds. The summed E-state index contributed by atoms with van der Waals surface area (Å²) in [4.78, 5) is 40.1. The van der Waals surface area contributed by atoms with E-state index in [0.29, 0.717) is 17.1 Å². The number of allylic oxidation sites excluding steroid dienone is 2. The largest absolute Gasteiger partial charge is 0.497 e. The highest BCUT2D eigenvalue weighted by molar-refractivity contribution is 8.00. The van der Waals surface area contributed by atoms with Crippen LogP contribution >= 0.6 is 23.4 Å². The molecule has 1 fully saturated rings. The predicted molar refractivity (Wildman–Crippen MR) is 135 cm³/mol. The van der Waals surface area contributed by atoms with E-state index < -0.39 is 12.0 Å². The van der Waals surface area contributed by atoms with Gasteiger partial charge in [-0.25, -0.2) is 4.79 Å². The lowest BCUT2D eigenvalue weighted by Gasteiger charge is -2.49. The Morgan fingerprint density at radius 3 is 2.57 bits per heavy atom. The molecule has 35 heavy (non-hydrogen) atoms. The summed E-state index contributed by atoms with van der Waals surface area (Å²) in [5.74, 6) is 0.294. The summed E-state index contributed by atoms with van der Waals surface area (Å²) in [6.45, 7) is 0.0515. The van der Waals surface area contributed by atoms with Gasteiger partial charge in [0.2, 0.25) is 5.91 Å². The van der Waals surface area contributed by atoms with Crippen molar-refractivity contribution in [2.24, 2.45) is 0 Å². The van der Waals surface area contributed by atoms with Crippen molar-refractivity contribution >= 4 is 41.1 Å². The van der Waals surface area contributed by atoms with Crippen LogP contribution < -0.4 is 10.1 Å². The zero-order valence-corrected chi connectivity index (χ0v) is 20.7. The van der Waals surface area contributed by atoms with Crippen LogP contribution in [0.4, 0.5) is 0 Å². The molecule has 2 atom stereocenters. The van der Waals surface area contributed by atoms with Gasteiger partial charge in [0.15, 0.2) is 0 Å². The van der Waals surface area contributed by atoms with E-state index in [9.17, 15) is 14.4 Å². The number of methoxy groups -OCH3 is 1. The number of alkyl halides is 1. The van der Waals surface area contributed by atoms with Crippen LogP contribution in [0.25, 0.3) is 0 Å². The fourth-order valence-corrected chi connectivity index (χ4v) is 5.30. The zero-order valence-electron chi connectivity index (χ0n) is 19.1. The van der Waals surface area contributed by atoms with Gasteiger partial charge in [-0.3, -0.25) is 14.5 Å². The molecule has 0 aliphatic carbocycles. The number of carbonyl (C=O) groups excluding carboxylic acids is 3. The number of nitrogens with one attached hydrogen (secondary N) is 1. The molecule has 9 heteroatoms. The van der Waals surface area contributed by atoms with Crippen LogP contribution in [-0.4, -0.2) is 52.8 Å². The first-order valence-corrected chi connectivity index (χ1v) is 12.6. The monoisotopic (exact) mass is 512 g/mol. The lowest BCUT2D eigenvalue weighted by Crippen LogP contribution is -2.70. The molecule has 0 unspecified atom stereocenters. The molecule has 1 N–H and O–H groups in total. The van der Waals surface area contributed by atoms with E-state index in [1.165, 1.54) is 16.7 Å². The van der Waals surface area contributed by atoms with Crippen molar-refractivity contribution in [2.75, 3.05) is 18.7 Å². The Morgan fingerprint density at radius 1 is 1.14 bits per heavy atom. The van der Waals surface area contributed by atoms with Crippen LogP contribution in [0.5, 0.6) is 5.75 Å². The second kappa shape index (κ2) is 11.5. The highest BCUT2D eigenvalue weighted by Crippen LogP contribution is 2.41. The van der Waals surface area contributed by atoms with Crippen molar-refractivity contribution in [3.63, 3.8) is 0 Å². The van der Waals surface area contributed by atoms with Crippen molar-refractivity contribution in [2.45, 2.75) is 24.4 Å². The van der Waals surface area contributed by atoms with Gasteiger partial charge in [-0.1, -0.05) is 54.6 Å². The van der Waals surface area contributed by atoms with Gasteiger partial charge < -0.3 is 14.8 Å². The molecule has 0 bridgehead atoms. The van der Waals surface area contributed by atoms with Crippen molar-refractivity contribution in [1.82, 2.24) is 10.2 Å². The highest BCUT2D eigenvalue weighted by atomic mass is 35.5. The smallest absolute Gasteiger partial charge is 0.355 e. The summed E-state index contributed by atoms with van der Waals surface area (Å²) in [7, 11) is 1.58. The Balaban J connectivity index is 1.46. The molecular weight excluding hydrogens is 488 g/mol. The van der Waals surface area contributed by atoms with Crippen molar-refractivity contribution in [3.05, 3.63) is 89.1 Å². The van der Waals surface area contributed by atoms with Gasteiger partial charge in [-0.15, -0.1) is 23.4 Å². The lowest BCUT2D eigenvalue weighted by molar-refractivity contribution is -0.153. The SMILES string of the molecule is COc1ccc(COC(=O)C2=C(/C=C\CCl)CS[C@H]3[C@H](NC(=O)Cc4ccccc4)C(=O)N23)cc1. The topological polar surface area (TPSA) is 84.9 Å². The molecule has 7 nitrogen and oxygen atoms in total. The van der Waals surface area contributed by atoms with Crippen molar-refractivity contribution in [3.8, 4) is 5.75 Å². The number of ether oxygens (including phenoxy) is 2. The Morgan fingerprint density at radius 2 is 1.89 bits per heavy atom. The second-order valence-corrected chi connectivity index (χ2v) is 9.39. The number of thioether (sulfide) groups is 1. The fraction of sp³-hybridized carbons (Fsp3) is 0.269. The van der Waals surface area contributed by atoms with Gasteiger partial charge in [0, 0.05) is 11.6 Å². The van der Waals surface area contributed by atoms with Gasteiger partial charge in [-0.05, 0) is 28.8 Å². The molecule has 2 aromatic carbocycles. The summed E-state index contributed by atoms with van der Waals surface area (Å²) in [5, 5.41) is 2.45. The molecule has 4 rings (SSSR count). The Labute approximate surface area is 213 Å². The number of fused-ring (bicyclic) bond motifs is 1. The van der Waals surface area contributed by atoms with Crippen LogP contribution in [0.1, 0.15) is 11.1 Å². The maximum atomic E-state index is 13.1. The lowest BCUT2D eigenvalue weighted by atomic mass is 10.0. The summed E-state index contributed by atoms with van der Waals surface area (Å²) in [5.41, 5.74) is 2.51. The average Bonchev–Trinajstić information content (AvgIpc) is 2.89. The number of hydrogen-bond acceptors (Lipinski definition) is 6. The first-order chi connectivity index (χ1) is 17.0. The third-order valence-corrected chi connectivity index (χ3v) is 7.13. The van der Waals surface area contributed by atoms with Gasteiger partial charge in [0.25, 0.3) is 5.91 Å². The van der Waals surface area contributed by atoms with Gasteiger partial charge in [0.05, 0.1) is 13.5 Å². The van der Waals surface area contributed by atoms with Crippen LogP contribution in [0, 0.1) is 0 Å². The van der Waals surface area contributed by atoms with E-state index >= 15 is 0 Å². The molecule has 1 saturated heterocycles. The van der Waals surface area contributed by atoms with Crippen molar-refractivity contribution < 1.29 is 23.9 Å². The van der Waals surface area contributed by atoms with E-state index in [4.69, 9.17) is 21.1 Å². The van der Waals surface area contributed by atoms with Crippen LogP contribution in [-0.2, 0) is 32.1 Å². The van der Waals surface area contributed by atoms with Crippen molar-refractivity contribution in [1.29, 1.82) is 0 Å². The Bertz CT molecular complexity index is 1150. The number of carbonyl (C=O) groups is 3. The number of amides is 2. The van der Waals surface area contributed by atoms with E-state index in [1.807, 2.05) is 30.3 Å². The second-order valence-electron chi connectivity index (χ2n) is 7.97. The number of hydrogen-bond donors (Lipinski definition) is 1. The molecule has 2 aromatic rings. The van der Waals surface area contributed by atoms with Gasteiger partial charge in [0.1, 0.15) is 29.5 Å². The van der Waals surface area contributed by atoms with E-state index in [2.05, 4.69) is 5.32 Å². The van der Waals surface area contributed by atoms with E-state index in [1.54, 1.807) is 43.5 Å². The first kappa shape index (κ1) is 24.9. The number of rotatable bonds is 9. The summed E-state index contributed by atoms with van der Waals surface area (Å²) in [6, 6.07) is 15.8. The molecule has 2 aliphatic rings. The molecule has 2 aliphatic heterocycles. The van der Waals surface area contributed by atoms with Crippen LogP contribution in [0.3, 0.4) is 0 Å². The molecule has 0 saturated carbocycles. The normalized spacial score (nSPS) is 19.3. The number of β-lactam (4-membered cyclic amide) rings is 1. The van der Waals surface area contributed by atoms with E-state index in [-0.39, 0.29) is 41.8 Å². The minimum atomic E-state index is -0.695. The predicted octanol–water partition coefficient (Wildman–Crippen LogP) is 3.43. The molecule has 182 valence electrons. The Kier molecular flexibility index (Phi) is 8.15. The summed E-state index contributed by atoms with van der Waals surface area (Å²) in [6.07, 6.45) is 3.64. The van der Waals surface area contributed by atoms with Crippen LogP contribution in [0.2, 0.25) is 0 Å². The summed E-state index contributed by atoms with van der Waals surface area (Å²) >= 11 is 7.29. The molecule has 0 spiro atoms. The molecule has 0 radical (unpaired) electrons.